The van der Waals surface area contributed by atoms with Crippen LogP contribution in [0, 0.1) is 13.8 Å². The molecule has 0 radical (unpaired) electrons. The lowest BCUT2D eigenvalue weighted by atomic mass is 10.0. The lowest BCUT2D eigenvalue weighted by Gasteiger charge is -2.30. The molecule has 0 atom stereocenters. The summed E-state index contributed by atoms with van der Waals surface area (Å²) < 4.78 is 79.0. The highest BCUT2D eigenvalue weighted by atomic mass is 28.3. The highest BCUT2D eigenvalue weighted by Crippen LogP contribution is 2.40. The molecule has 4 aromatic rings. The van der Waals surface area contributed by atoms with Crippen LogP contribution in [-0.2, 0) is 12.8 Å². The summed E-state index contributed by atoms with van der Waals surface area (Å²) in [6.45, 7) is 17.3. The van der Waals surface area contributed by atoms with Gasteiger partial charge in [-0.3, -0.25) is 0 Å². The molecule has 0 amide bonds. The first kappa shape index (κ1) is 35.9. The van der Waals surface area contributed by atoms with Crippen molar-refractivity contribution < 1.29 is 26.3 Å². The minimum atomic E-state index is -4.15. The van der Waals surface area contributed by atoms with Crippen molar-refractivity contribution in [3.05, 3.63) is 94.0 Å². The third-order valence-electron chi connectivity index (χ3n) is 11.3. The molecule has 49 heavy (non-hydrogen) atoms. The van der Waals surface area contributed by atoms with E-state index in [1.807, 2.05) is 26.2 Å². The SMILES string of the molecule is Cc1cc2c(c([Si](C)(C)c3cc(C)cc4c3Cc3ccc([Si](C)(C)CCC(F)(F)F)cc3-4)c1)Cc1ccc([Si](C)(C)CCC(F)(F)F)cc1-2. The topological polar surface area (TPSA) is 0 Å². The second-order valence-corrected chi connectivity index (χ2v) is 30.4. The van der Waals surface area contributed by atoms with Gasteiger partial charge < -0.3 is 0 Å². The molecule has 260 valence electrons. The summed E-state index contributed by atoms with van der Waals surface area (Å²) in [7, 11) is -6.93. The summed E-state index contributed by atoms with van der Waals surface area (Å²) in [5, 5.41) is 4.94. The molecule has 9 heteroatoms. The van der Waals surface area contributed by atoms with Crippen LogP contribution in [0.1, 0.15) is 46.2 Å². The van der Waals surface area contributed by atoms with Crippen LogP contribution in [0.2, 0.25) is 51.4 Å². The number of benzene rings is 4. The summed E-state index contributed by atoms with van der Waals surface area (Å²) in [6.07, 6.45) is -8.15. The van der Waals surface area contributed by atoms with Crippen molar-refractivity contribution in [3.8, 4) is 22.3 Å². The molecule has 0 nitrogen and oxygen atoms in total. The smallest absolute Gasteiger partial charge is 0.171 e. The Morgan fingerprint density at radius 1 is 0.510 bits per heavy atom. The van der Waals surface area contributed by atoms with E-state index < -0.39 is 49.4 Å². The van der Waals surface area contributed by atoms with E-state index in [1.54, 1.807) is 0 Å². The highest BCUT2D eigenvalue weighted by molar-refractivity contribution is 7.01. The zero-order valence-electron chi connectivity index (χ0n) is 29.8. The van der Waals surface area contributed by atoms with E-state index in [2.05, 4.69) is 87.6 Å². The molecule has 0 aromatic heterocycles. The number of alkyl halides is 6. The molecule has 0 bridgehead atoms. The van der Waals surface area contributed by atoms with E-state index in [9.17, 15) is 26.3 Å². The normalized spacial score (nSPS) is 14.5. The van der Waals surface area contributed by atoms with Gasteiger partial charge in [0.25, 0.3) is 0 Å². The van der Waals surface area contributed by atoms with Crippen molar-refractivity contribution in [2.24, 2.45) is 0 Å². The number of aryl methyl sites for hydroxylation is 2. The molecule has 4 aromatic carbocycles. The maximum absolute atomic E-state index is 13.2. The fourth-order valence-corrected chi connectivity index (χ4v) is 16.1. The van der Waals surface area contributed by atoms with Gasteiger partial charge in [0, 0.05) is 12.8 Å². The Bertz CT molecular complexity index is 1810. The number of hydrogen-bond acceptors (Lipinski definition) is 0. The Hall–Kier alpha value is -2.89. The fraction of sp³-hybridized carbons (Fsp3) is 0.400. The van der Waals surface area contributed by atoms with E-state index in [0.29, 0.717) is 0 Å². The second-order valence-electron chi connectivity index (χ2n) is 16.4. The van der Waals surface area contributed by atoms with Crippen molar-refractivity contribution in [1.29, 1.82) is 0 Å². The Kier molecular flexibility index (Phi) is 8.88. The molecular formula is C40H46F6Si3. The second kappa shape index (κ2) is 12.1. The molecule has 0 saturated carbocycles. The number of halogens is 6. The molecule has 2 aliphatic rings. The summed E-state index contributed by atoms with van der Waals surface area (Å²) >= 11 is 0. The molecule has 0 saturated heterocycles. The summed E-state index contributed by atoms with van der Waals surface area (Å²) in [4.78, 5) is 0. The standard InChI is InChI=1S/C40H46F6Si3/c1-25-17-33-31-23-29(47(3,4)15-13-39(41,42)43)11-9-27(31)21-35(33)37(19-25)49(7,8)38-20-26(2)18-34-32-24-30(12-10-28(32)22-36(34)38)48(5,6)16-14-40(44,45)46/h9-12,17-20,23-24H,13-16,21-22H2,1-8H3. The first-order valence-corrected chi connectivity index (χ1v) is 26.7. The van der Waals surface area contributed by atoms with E-state index in [-0.39, 0.29) is 12.1 Å². The molecule has 0 spiro atoms. The summed E-state index contributed by atoms with van der Waals surface area (Å²) in [5.74, 6) is 0. The van der Waals surface area contributed by atoms with Gasteiger partial charge in [0.15, 0.2) is 0 Å². The first-order valence-electron chi connectivity index (χ1n) is 17.2. The Morgan fingerprint density at radius 2 is 0.878 bits per heavy atom. The van der Waals surface area contributed by atoms with Gasteiger partial charge in [-0.15, -0.1) is 0 Å². The van der Waals surface area contributed by atoms with Crippen LogP contribution in [0.4, 0.5) is 26.3 Å². The average Bonchev–Trinajstić information content (AvgIpc) is 3.55. The largest absolute Gasteiger partial charge is 0.388 e. The predicted molar refractivity (Wildman–Crippen MR) is 201 cm³/mol. The average molecular weight is 725 g/mol. The van der Waals surface area contributed by atoms with Crippen molar-refractivity contribution in [1.82, 2.24) is 0 Å². The van der Waals surface area contributed by atoms with Crippen molar-refractivity contribution in [2.75, 3.05) is 0 Å². The van der Waals surface area contributed by atoms with Gasteiger partial charge in [-0.1, -0.05) is 132 Å². The third-order valence-corrected chi connectivity index (χ3v) is 21.6. The Labute approximate surface area is 290 Å². The van der Waals surface area contributed by atoms with Crippen LogP contribution in [0.5, 0.6) is 0 Å². The van der Waals surface area contributed by atoms with Crippen LogP contribution in [0.3, 0.4) is 0 Å². The predicted octanol–water partition coefficient (Wildman–Crippen LogP) is 10.0. The van der Waals surface area contributed by atoms with Crippen LogP contribution in [-0.4, -0.2) is 36.6 Å². The van der Waals surface area contributed by atoms with E-state index >= 15 is 0 Å². The van der Waals surface area contributed by atoms with E-state index in [0.717, 1.165) is 23.2 Å². The molecule has 0 heterocycles. The maximum Gasteiger partial charge on any atom is 0.388 e. The number of rotatable bonds is 8. The summed E-state index contributed by atoms with van der Waals surface area (Å²) in [6, 6.07) is 22.4. The Morgan fingerprint density at radius 3 is 1.22 bits per heavy atom. The molecule has 0 unspecified atom stereocenters. The molecule has 6 rings (SSSR count). The van der Waals surface area contributed by atoms with Gasteiger partial charge in [0.05, 0.1) is 16.1 Å². The fourth-order valence-electron chi connectivity index (χ4n) is 8.14. The Balaban J connectivity index is 1.39. The zero-order chi connectivity index (χ0) is 35.9. The molecule has 0 fully saturated rings. The maximum atomic E-state index is 13.2. The zero-order valence-corrected chi connectivity index (χ0v) is 32.8. The minimum Gasteiger partial charge on any atom is -0.171 e. The van der Waals surface area contributed by atoms with Crippen molar-refractivity contribution in [3.63, 3.8) is 0 Å². The first-order chi connectivity index (χ1) is 22.6. The quantitative estimate of drug-likeness (QED) is 0.108. The third kappa shape index (κ3) is 7.04. The molecule has 2 aliphatic carbocycles. The molecule has 0 aliphatic heterocycles. The van der Waals surface area contributed by atoms with Crippen LogP contribution >= 0.6 is 0 Å². The van der Waals surface area contributed by atoms with Crippen LogP contribution < -0.4 is 20.7 Å². The van der Waals surface area contributed by atoms with E-state index in [1.165, 1.54) is 66.0 Å². The van der Waals surface area contributed by atoms with Crippen LogP contribution in [0.25, 0.3) is 22.3 Å². The highest BCUT2D eigenvalue weighted by Gasteiger charge is 2.39. The number of hydrogen-bond donors (Lipinski definition) is 0. The van der Waals surface area contributed by atoms with Crippen molar-refractivity contribution in [2.45, 2.75) is 103 Å². The van der Waals surface area contributed by atoms with Crippen molar-refractivity contribution >= 4 is 45.0 Å². The molecular weight excluding hydrogens is 679 g/mol. The minimum absolute atomic E-state index is 0.177. The monoisotopic (exact) mass is 724 g/mol. The molecule has 0 N–H and O–H groups in total. The van der Waals surface area contributed by atoms with Gasteiger partial charge in [-0.05, 0) is 83.3 Å². The van der Waals surface area contributed by atoms with Gasteiger partial charge in [0.1, 0.15) is 8.07 Å². The lowest BCUT2D eigenvalue weighted by molar-refractivity contribution is -0.131. The summed E-state index contributed by atoms with van der Waals surface area (Å²) in [5.41, 5.74) is 12.3. The van der Waals surface area contributed by atoms with Gasteiger partial charge >= 0.3 is 12.4 Å². The number of fused-ring (bicyclic) bond motifs is 6. The van der Waals surface area contributed by atoms with E-state index in [4.69, 9.17) is 0 Å². The van der Waals surface area contributed by atoms with Crippen LogP contribution in [0.15, 0.2) is 60.7 Å². The van der Waals surface area contributed by atoms with Gasteiger partial charge in [-0.25, -0.2) is 0 Å². The van der Waals surface area contributed by atoms with Gasteiger partial charge in [-0.2, -0.15) is 26.3 Å². The lowest BCUT2D eigenvalue weighted by Crippen LogP contribution is -2.55. The van der Waals surface area contributed by atoms with Gasteiger partial charge in [0.2, 0.25) is 0 Å².